The number of hydrogen-bond donors (Lipinski definition) is 1. The van der Waals surface area contributed by atoms with Crippen LogP contribution in [-0.4, -0.2) is 6.54 Å². The Kier molecular flexibility index (Phi) is 5.63. The van der Waals surface area contributed by atoms with Crippen molar-refractivity contribution in [3.8, 4) is 11.1 Å². The van der Waals surface area contributed by atoms with Gasteiger partial charge in [-0.05, 0) is 54.3 Å². The molecule has 0 amide bonds. The van der Waals surface area contributed by atoms with Crippen molar-refractivity contribution in [2.24, 2.45) is 0 Å². The normalized spacial score (nSPS) is 12.3. The molecular weight excluding hydrogens is 266 g/mol. The number of rotatable bonds is 6. The minimum absolute atomic E-state index is 0.425. The van der Waals surface area contributed by atoms with Gasteiger partial charge in [-0.25, -0.2) is 0 Å². The second kappa shape index (κ2) is 7.47. The highest BCUT2D eigenvalue weighted by molar-refractivity contribution is 6.30. The smallest absolute Gasteiger partial charge is 0.0412 e. The van der Waals surface area contributed by atoms with Gasteiger partial charge in [0, 0.05) is 11.1 Å². The van der Waals surface area contributed by atoms with Gasteiger partial charge in [-0.3, -0.25) is 0 Å². The molecule has 0 saturated carbocycles. The molecule has 0 spiro atoms. The van der Waals surface area contributed by atoms with Gasteiger partial charge in [0.1, 0.15) is 0 Å². The molecule has 0 aliphatic rings. The van der Waals surface area contributed by atoms with E-state index in [1.807, 2.05) is 18.2 Å². The van der Waals surface area contributed by atoms with Gasteiger partial charge in [0.2, 0.25) is 0 Å². The third-order valence-electron chi connectivity index (χ3n) is 3.50. The molecule has 1 unspecified atom stereocenters. The van der Waals surface area contributed by atoms with E-state index in [0.717, 1.165) is 24.4 Å². The van der Waals surface area contributed by atoms with Crippen molar-refractivity contribution in [2.45, 2.75) is 32.7 Å². The summed E-state index contributed by atoms with van der Waals surface area (Å²) in [4.78, 5) is 0. The van der Waals surface area contributed by atoms with E-state index in [1.165, 1.54) is 16.7 Å². The molecule has 2 heteroatoms. The summed E-state index contributed by atoms with van der Waals surface area (Å²) in [5.74, 6) is 0. The van der Waals surface area contributed by atoms with Gasteiger partial charge in [0.15, 0.2) is 0 Å². The molecule has 0 aromatic heterocycles. The molecule has 1 atom stereocenters. The summed E-state index contributed by atoms with van der Waals surface area (Å²) in [5, 5.41) is 4.38. The summed E-state index contributed by atoms with van der Waals surface area (Å²) >= 11 is 6.08. The minimum Gasteiger partial charge on any atom is -0.310 e. The SMILES string of the molecule is CCCNC(CC)c1cccc(-c2cccc(Cl)c2)c1. The van der Waals surface area contributed by atoms with Gasteiger partial charge in [-0.2, -0.15) is 0 Å². The van der Waals surface area contributed by atoms with Crippen molar-refractivity contribution >= 4 is 11.6 Å². The number of halogens is 1. The molecule has 0 fully saturated rings. The Morgan fingerprint density at radius 2 is 1.70 bits per heavy atom. The van der Waals surface area contributed by atoms with Crippen LogP contribution in [0.15, 0.2) is 48.5 Å². The van der Waals surface area contributed by atoms with Crippen molar-refractivity contribution in [2.75, 3.05) is 6.54 Å². The number of hydrogen-bond acceptors (Lipinski definition) is 1. The second-order valence-electron chi connectivity index (χ2n) is 5.05. The molecule has 1 nitrogen and oxygen atoms in total. The van der Waals surface area contributed by atoms with Crippen LogP contribution in [0.3, 0.4) is 0 Å². The van der Waals surface area contributed by atoms with Crippen LogP contribution in [0.2, 0.25) is 5.02 Å². The van der Waals surface area contributed by atoms with Crippen molar-refractivity contribution in [1.29, 1.82) is 0 Å². The molecule has 1 N–H and O–H groups in total. The van der Waals surface area contributed by atoms with Crippen molar-refractivity contribution in [1.82, 2.24) is 5.32 Å². The van der Waals surface area contributed by atoms with E-state index in [2.05, 4.69) is 49.5 Å². The van der Waals surface area contributed by atoms with E-state index in [0.29, 0.717) is 6.04 Å². The van der Waals surface area contributed by atoms with E-state index >= 15 is 0 Å². The maximum atomic E-state index is 6.08. The third kappa shape index (κ3) is 3.84. The first kappa shape index (κ1) is 15.1. The molecule has 106 valence electrons. The molecule has 0 aliphatic heterocycles. The van der Waals surface area contributed by atoms with Crippen molar-refractivity contribution in [3.05, 3.63) is 59.1 Å². The van der Waals surface area contributed by atoms with Gasteiger partial charge in [-0.1, -0.05) is 55.8 Å². The van der Waals surface area contributed by atoms with E-state index in [9.17, 15) is 0 Å². The van der Waals surface area contributed by atoms with E-state index in [1.54, 1.807) is 0 Å². The average Bonchev–Trinajstić information content (AvgIpc) is 2.48. The van der Waals surface area contributed by atoms with E-state index < -0.39 is 0 Å². The van der Waals surface area contributed by atoms with Gasteiger partial charge in [-0.15, -0.1) is 0 Å². The summed E-state index contributed by atoms with van der Waals surface area (Å²) in [7, 11) is 0. The standard InChI is InChI=1S/C18H22ClN/c1-3-11-20-18(4-2)16-9-5-7-14(12-16)15-8-6-10-17(19)13-15/h5-10,12-13,18,20H,3-4,11H2,1-2H3. The predicted octanol–water partition coefficient (Wildman–Crippen LogP) is 5.46. The maximum Gasteiger partial charge on any atom is 0.0412 e. The molecule has 2 aromatic rings. The Morgan fingerprint density at radius 3 is 2.35 bits per heavy atom. The van der Waals surface area contributed by atoms with Crippen molar-refractivity contribution < 1.29 is 0 Å². The molecular formula is C18H22ClN. The molecule has 0 bridgehead atoms. The molecule has 2 rings (SSSR count). The average molecular weight is 288 g/mol. The Hall–Kier alpha value is -1.31. The van der Waals surface area contributed by atoms with Gasteiger partial charge >= 0.3 is 0 Å². The van der Waals surface area contributed by atoms with E-state index in [4.69, 9.17) is 11.6 Å². The van der Waals surface area contributed by atoms with Crippen LogP contribution in [0.4, 0.5) is 0 Å². The summed E-state index contributed by atoms with van der Waals surface area (Å²) in [6.07, 6.45) is 2.25. The highest BCUT2D eigenvalue weighted by Crippen LogP contribution is 2.26. The van der Waals surface area contributed by atoms with Crippen LogP contribution in [0.1, 0.15) is 38.3 Å². The molecule has 2 aromatic carbocycles. The molecule has 0 aliphatic carbocycles. The second-order valence-corrected chi connectivity index (χ2v) is 5.49. The first-order valence-corrected chi connectivity index (χ1v) is 7.71. The third-order valence-corrected chi connectivity index (χ3v) is 3.73. The van der Waals surface area contributed by atoms with Crippen LogP contribution >= 0.6 is 11.6 Å². The first-order chi connectivity index (χ1) is 9.74. The quantitative estimate of drug-likeness (QED) is 0.744. The summed E-state index contributed by atoms with van der Waals surface area (Å²) in [6, 6.07) is 17.2. The Labute approximate surface area is 127 Å². The summed E-state index contributed by atoms with van der Waals surface area (Å²) < 4.78 is 0. The predicted molar refractivity (Wildman–Crippen MR) is 88.2 cm³/mol. The fourth-order valence-corrected chi connectivity index (χ4v) is 2.61. The van der Waals surface area contributed by atoms with Gasteiger partial charge in [0.05, 0.1) is 0 Å². The topological polar surface area (TPSA) is 12.0 Å². The van der Waals surface area contributed by atoms with Crippen LogP contribution in [0.25, 0.3) is 11.1 Å². The Balaban J connectivity index is 2.27. The Bertz CT molecular complexity index is 551. The van der Waals surface area contributed by atoms with Crippen LogP contribution in [0, 0.1) is 0 Å². The maximum absolute atomic E-state index is 6.08. The number of nitrogens with one attached hydrogen (secondary N) is 1. The lowest BCUT2D eigenvalue weighted by atomic mass is 9.98. The van der Waals surface area contributed by atoms with Crippen LogP contribution < -0.4 is 5.32 Å². The lowest BCUT2D eigenvalue weighted by molar-refractivity contribution is 0.518. The highest BCUT2D eigenvalue weighted by atomic mass is 35.5. The molecule has 20 heavy (non-hydrogen) atoms. The molecule has 0 heterocycles. The zero-order valence-corrected chi connectivity index (χ0v) is 13.0. The number of benzene rings is 2. The summed E-state index contributed by atoms with van der Waals surface area (Å²) in [5.41, 5.74) is 3.74. The van der Waals surface area contributed by atoms with Crippen molar-refractivity contribution in [3.63, 3.8) is 0 Å². The lowest BCUT2D eigenvalue weighted by Gasteiger charge is -2.18. The van der Waals surface area contributed by atoms with E-state index in [-0.39, 0.29) is 0 Å². The largest absolute Gasteiger partial charge is 0.310 e. The molecule has 0 radical (unpaired) electrons. The van der Waals surface area contributed by atoms with Crippen LogP contribution in [0.5, 0.6) is 0 Å². The fourth-order valence-electron chi connectivity index (χ4n) is 2.42. The monoisotopic (exact) mass is 287 g/mol. The lowest BCUT2D eigenvalue weighted by Crippen LogP contribution is -2.21. The highest BCUT2D eigenvalue weighted by Gasteiger charge is 2.09. The zero-order chi connectivity index (χ0) is 14.4. The summed E-state index contributed by atoms with van der Waals surface area (Å²) in [6.45, 7) is 5.47. The molecule has 0 saturated heterocycles. The minimum atomic E-state index is 0.425. The Morgan fingerprint density at radius 1 is 1.00 bits per heavy atom. The first-order valence-electron chi connectivity index (χ1n) is 7.34. The van der Waals surface area contributed by atoms with Gasteiger partial charge < -0.3 is 5.32 Å². The van der Waals surface area contributed by atoms with Gasteiger partial charge in [0.25, 0.3) is 0 Å². The van der Waals surface area contributed by atoms with Crippen LogP contribution in [-0.2, 0) is 0 Å². The fraction of sp³-hybridized carbons (Fsp3) is 0.333. The zero-order valence-electron chi connectivity index (χ0n) is 12.2.